The lowest BCUT2D eigenvalue weighted by Crippen LogP contribution is -2.38. The lowest BCUT2D eigenvalue weighted by molar-refractivity contribution is -0.125. The number of amides is 2. The minimum atomic E-state index is -0.790. The molecule has 0 radical (unpaired) electrons. The molecule has 134 valence electrons. The molecule has 0 bridgehead atoms. The molecule has 0 saturated carbocycles. The average Bonchev–Trinajstić information content (AvgIpc) is 2.56. The molecular formula is C19H24ClN3O2. The Labute approximate surface area is 154 Å². The molecule has 0 heterocycles. The highest BCUT2D eigenvalue weighted by Crippen LogP contribution is 2.21. The molecule has 2 amide bonds. The quantitative estimate of drug-likeness (QED) is 0.765. The Balaban J connectivity index is 0.00000312. The number of carbonyl (C=O) groups is 2. The highest BCUT2D eigenvalue weighted by atomic mass is 35.5. The van der Waals surface area contributed by atoms with Crippen LogP contribution < -0.4 is 16.4 Å². The molecular weight excluding hydrogens is 338 g/mol. The van der Waals surface area contributed by atoms with E-state index in [1.54, 1.807) is 12.1 Å². The Bertz CT molecular complexity index is 725. The van der Waals surface area contributed by atoms with Gasteiger partial charge in [0.25, 0.3) is 0 Å². The van der Waals surface area contributed by atoms with Crippen molar-refractivity contribution >= 4 is 29.9 Å². The van der Waals surface area contributed by atoms with Crippen molar-refractivity contribution in [3.63, 3.8) is 0 Å². The lowest BCUT2D eigenvalue weighted by atomic mass is 10.1. The van der Waals surface area contributed by atoms with E-state index in [1.165, 1.54) is 0 Å². The molecule has 1 atom stereocenters. The Morgan fingerprint density at radius 2 is 1.60 bits per heavy atom. The van der Waals surface area contributed by atoms with E-state index in [2.05, 4.69) is 10.6 Å². The van der Waals surface area contributed by atoms with Crippen molar-refractivity contribution in [2.24, 2.45) is 5.73 Å². The smallest absolute Gasteiger partial charge is 0.243 e. The first-order valence-electron chi connectivity index (χ1n) is 7.84. The van der Waals surface area contributed by atoms with Gasteiger partial charge in [-0.15, -0.1) is 12.4 Å². The molecule has 2 aromatic carbocycles. The zero-order valence-corrected chi connectivity index (χ0v) is 15.4. The Hall–Kier alpha value is -2.37. The molecule has 4 N–H and O–H groups in total. The predicted octanol–water partition coefficient (Wildman–Crippen LogP) is 2.79. The molecule has 5 nitrogen and oxygen atoms in total. The van der Waals surface area contributed by atoms with E-state index in [1.807, 2.05) is 51.1 Å². The fourth-order valence-corrected chi connectivity index (χ4v) is 2.65. The van der Waals surface area contributed by atoms with Gasteiger partial charge in [0.15, 0.2) is 0 Å². The van der Waals surface area contributed by atoms with Gasteiger partial charge < -0.3 is 16.4 Å². The molecule has 0 aliphatic carbocycles. The van der Waals surface area contributed by atoms with Crippen LogP contribution in [-0.2, 0) is 9.59 Å². The van der Waals surface area contributed by atoms with E-state index in [-0.39, 0.29) is 30.8 Å². The largest absolute Gasteiger partial charge is 0.345 e. The number of nitrogens with one attached hydrogen (secondary N) is 2. The normalized spacial score (nSPS) is 11.2. The second kappa shape index (κ2) is 9.20. The zero-order valence-electron chi connectivity index (χ0n) is 14.6. The van der Waals surface area contributed by atoms with Crippen LogP contribution in [-0.4, -0.2) is 18.4 Å². The van der Waals surface area contributed by atoms with Crippen molar-refractivity contribution in [2.45, 2.75) is 26.8 Å². The van der Waals surface area contributed by atoms with Gasteiger partial charge in [0, 0.05) is 5.69 Å². The van der Waals surface area contributed by atoms with Gasteiger partial charge in [-0.05, 0) is 37.5 Å². The maximum absolute atomic E-state index is 12.1. The van der Waals surface area contributed by atoms with Gasteiger partial charge in [-0.25, -0.2) is 0 Å². The summed E-state index contributed by atoms with van der Waals surface area (Å²) < 4.78 is 0. The van der Waals surface area contributed by atoms with Gasteiger partial charge in [-0.1, -0.05) is 48.0 Å². The Morgan fingerprint density at radius 1 is 1.04 bits per heavy atom. The van der Waals surface area contributed by atoms with Crippen molar-refractivity contribution < 1.29 is 9.59 Å². The predicted molar refractivity (Wildman–Crippen MR) is 103 cm³/mol. The first-order chi connectivity index (χ1) is 11.4. The third kappa shape index (κ3) is 5.59. The SMILES string of the molecule is Cc1cc(C)c(NC(=O)CNC(=O)C(N)c2ccccc2)c(C)c1.Cl. The van der Waals surface area contributed by atoms with E-state index < -0.39 is 6.04 Å². The van der Waals surface area contributed by atoms with Crippen molar-refractivity contribution in [3.8, 4) is 0 Å². The molecule has 0 aliphatic rings. The van der Waals surface area contributed by atoms with E-state index in [0.717, 1.165) is 22.4 Å². The number of carbonyl (C=O) groups excluding carboxylic acids is 2. The maximum Gasteiger partial charge on any atom is 0.243 e. The number of nitrogens with two attached hydrogens (primary N) is 1. The van der Waals surface area contributed by atoms with Crippen LogP contribution in [0.4, 0.5) is 5.69 Å². The van der Waals surface area contributed by atoms with E-state index >= 15 is 0 Å². The second-order valence-electron chi connectivity index (χ2n) is 5.93. The summed E-state index contributed by atoms with van der Waals surface area (Å²) >= 11 is 0. The van der Waals surface area contributed by atoms with Crippen molar-refractivity contribution in [1.82, 2.24) is 5.32 Å². The summed E-state index contributed by atoms with van der Waals surface area (Å²) in [7, 11) is 0. The number of rotatable bonds is 5. The standard InChI is InChI=1S/C19H23N3O2.ClH/c1-12-9-13(2)18(14(3)10-12)22-16(23)11-21-19(24)17(20)15-7-5-4-6-8-15;/h4-10,17H,11,20H2,1-3H3,(H,21,24)(H,22,23);1H. The Morgan fingerprint density at radius 3 is 2.16 bits per heavy atom. The second-order valence-corrected chi connectivity index (χ2v) is 5.93. The molecule has 2 rings (SSSR count). The molecule has 6 heteroatoms. The van der Waals surface area contributed by atoms with Gasteiger partial charge in [-0.3, -0.25) is 9.59 Å². The third-order valence-corrected chi connectivity index (χ3v) is 3.81. The molecule has 0 aromatic heterocycles. The molecule has 0 spiro atoms. The topological polar surface area (TPSA) is 84.2 Å². The molecule has 1 unspecified atom stereocenters. The van der Waals surface area contributed by atoms with Crippen LogP contribution in [0, 0.1) is 20.8 Å². The molecule has 0 saturated heterocycles. The molecule has 0 aliphatic heterocycles. The van der Waals surface area contributed by atoms with Crippen LogP contribution >= 0.6 is 12.4 Å². The average molecular weight is 362 g/mol. The zero-order chi connectivity index (χ0) is 17.7. The van der Waals surface area contributed by atoms with Gasteiger partial charge in [0.05, 0.1) is 6.54 Å². The molecule has 0 fully saturated rings. The van der Waals surface area contributed by atoms with Crippen LogP contribution in [0.3, 0.4) is 0 Å². The van der Waals surface area contributed by atoms with Gasteiger partial charge >= 0.3 is 0 Å². The van der Waals surface area contributed by atoms with Crippen LogP contribution in [0.5, 0.6) is 0 Å². The number of halogens is 1. The van der Waals surface area contributed by atoms with Gasteiger partial charge in [-0.2, -0.15) is 0 Å². The van der Waals surface area contributed by atoms with Crippen molar-refractivity contribution in [1.29, 1.82) is 0 Å². The number of benzene rings is 2. The lowest BCUT2D eigenvalue weighted by Gasteiger charge is -2.15. The van der Waals surface area contributed by atoms with Gasteiger partial charge in [0.2, 0.25) is 11.8 Å². The van der Waals surface area contributed by atoms with Crippen LogP contribution in [0.25, 0.3) is 0 Å². The third-order valence-electron chi connectivity index (χ3n) is 3.81. The monoisotopic (exact) mass is 361 g/mol. The van der Waals surface area contributed by atoms with Crippen molar-refractivity contribution in [2.75, 3.05) is 11.9 Å². The first-order valence-corrected chi connectivity index (χ1v) is 7.84. The summed E-state index contributed by atoms with van der Waals surface area (Å²) in [4.78, 5) is 24.2. The maximum atomic E-state index is 12.1. The van der Waals surface area contributed by atoms with E-state index in [0.29, 0.717) is 5.56 Å². The number of anilines is 1. The van der Waals surface area contributed by atoms with Crippen LogP contribution in [0.15, 0.2) is 42.5 Å². The Kier molecular flexibility index (Phi) is 7.61. The fourth-order valence-electron chi connectivity index (χ4n) is 2.65. The molecule has 2 aromatic rings. The fraction of sp³-hybridized carbons (Fsp3) is 0.263. The van der Waals surface area contributed by atoms with Gasteiger partial charge in [0.1, 0.15) is 6.04 Å². The summed E-state index contributed by atoms with van der Waals surface area (Å²) in [6.45, 7) is 5.78. The highest BCUT2D eigenvalue weighted by molar-refractivity contribution is 5.96. The molecule has 25 heavy (non-hydrogen) atoms. The minimum Gasteiger partial charge on any atom is -0.345 e. The highest BCUT2D eigenvalue weighted by Gasteiger charge is 2.16. The summed E-state index contributed by atoms with van der Waals surface area (Å²) in [5, 5.41) is 5.42. The summed E-state index contributed by atoms with van der Waals surface area (Å²) in [6, 6.07) is 12.3. The number of aryl methyl sites for hydroxylation is 3. The van der Waals surface area contributed by atoms with E-state index in [4.69, 9.17) is 5.73 Å². The minimum absolute atomic E-state index is 0. The van der Waals surface area contributed by atoms with Crippen molar-refractivity contribution in [3.05, 3.63) is 64.7 Å². The number of hydrogen-bond acceptors (Lipinski definition) is 3. The summed E-state index contributed by atoms with van der Waals surface area (Å²) in [5.74, 6) is -0.660. The van der Waals surface area contributed by atoms with Crippen LogP contribution in [0.2, 0.25) is 0 Å². The van der Waals surface area contributed by atoms with Crippen LogP contribution in [0.1, 0.15) is 28.3 Å². The summed E-state index contributed by atoms with van der Waals surface area (Å²) in [6.07, 6.45) is 0. The summed E-state index contributed by atoms with van der Waals surface area (Å²) in [5.41, 5.74) is 10.5. The van der Waals surface area contributed by atoms with E-state index in [9.17, 15) is 9.59 Å². The number of hydrogen-bond donors (Lipinski definition) is 3. The first kappa shape index (κ1) is 20.7.